The Morgan fingerprint density at radius 1 is 1.32 bits per heavy atom. The fraction of sp³-hybridized carbons (Fsp3) is 0.263. The van der Waals surface area contributed by atoms with Gasteiger partial charge in [0.2, 0.25) is 10.0 Å². The zero-order chi connectivity index (χ0) is 20.9. The minimum atomic E-state index is -3.40. The van der Waals surface area contributed by atoms with Crippen molar-refractivity contribution in [2.24, 2.45) is 16.6 Å². The Kier molecular flexibility index (Phi) is 7.04. The molecule has 0 aliphatic heterocycles. The summed E-state index contributed by atoms with van der Waals surface area (Å²) in [5.41, 5.74) is 7.74. The summed E-state index contributed by atoms with van der Waals surface area (Å²) in [5.74, 6) is 0.328. The largest absolute Gasteiger partial charge is 0.404 e. The normalized spacial score (nSPS) is 12.7. The highest BCUT2D eigenvalue weighted by Crippen LogP contribution is 2.27. The number of hydrogen-bond acceptors (Lipinski definition) is 5. The van der Waals surface area contributed by atoms with Gasteiger partial charge in [-0.05, 0) is 24.1 Å². The molecule has 0 spiro atoms. The number of benzene rings is 1. The lowest BCUT2D eigenvalue weighted by Gasteiger charge is -2.10. The Morgan fingerprint density at radius 3 is 2.61 bits per heavy atom. The number of sulfonamides is 1. The topological polar surface area (TPSA) is 107 Å². The molecule has 0 saturated heterocycles. The predicted molar refractivity (Wildman–Crippen MR) is 116 cm³/mol. The van der Waals surface area contributed by atoms with Crippen LogP contribution in [0.1, 0.15) is 19.4 Å². The quantitative estimate of drug-likeness (QED) is 0.668. The van der Waals surface area contributed by atoms with Crippen molar-refractivity contribution >= 4 is 44.8 Å². The van der Waals surface area contributed by atoms with Crippen molar-refractivity contribution in [3.63, 3.8) is 0 Å². The molecule has 2 aromatic rings. The average molecular weight is 423 g/mol. The highest BCUT2D eigenvalue weighted by Gasteiger charge is 2.09. The maximum Gasteiger partial charge on any atom is 0.250 e. The minimum Gasteiger partial charge on any atom is -0.404 e. The first-order chi connectivity index (χ1) is 13.1. The molecule has 1 aromatic heterocycles. The van der Waals surface area contributed by atoms with E-state index in [1.54, 1.807) is 35.2 Å². The van der Waals surface area contributed by atoms with Gasteiger partial charge >= 0.3 is 0 Å². The molecule has 0 radical (unpaired) electrons. The van der Waals surface area contributed by atoms with Gasteiger partial charge in [-0.25, -0.2) is 8.42 Å². The van der Waals surface area contributed by atoms with Gasteiger partial charge in [0.15, 0.2) is 0 Å². The van der Waals surface area contributed by atoms with Crippen LogP contribution < -0.4 is 16.0 Å². The molecule has 3 N–H and O–H groups in total. The molecule has 28 heavy (non-hydrogen) atoms. The molecular formula is C19H23ClN4O3S. The van der Waals surface area contributed by atoms with Gasteiger partial charge in [-0.1, -0.05) is 31.5 Å². The Hall–Kier alpha value is -2.58. The zero-order valence-electron chi connectivity index (χ0n) is 15.9. The van der Waals surface area contributed by atoms with Crippen LogP contribution in [-0.4, -0.2) is 25.5 Å². The molecule has 7 nitrogen and oxygen atoms in total. The molecule has 0 unspecified atom stereocenters. The maximum absolute atomic E-state index is 11.9. The van der Waals surface area contributed by atoms with Crippen molar-refractivity contribution in [3.05, 3.63) is 63.7 Å². The first kappa shape index (κ1) is 21.7. The lowest BCUT2D eigenvalue weighted by molar-refractivity contribution is 0.511. The lowest BCUT2D eigenvalue weighted by atomic mass is 10.1. The summed E-state index contributed by atoms with van der Waals surface area (Å²) in [5, 5.41) is 0.321. The Morgan fingerprint density at radius 2 is 2.04 bits per heavy atom. The van der Waals surface area contributed by atoms with E-state index in [9.17, 15) is 13.2 Å². The number of aliphatic imine (C=N–C) groups is 1. The van der Waals surface area contributed by atoms with E-state index in [0.29, 0.717) is 40.0 Å². The van der Waals surface area contributed by atoms with Crippen LogP contribution in [0.5, 0.6) is 0 Å². The second-order valence-electron chi connectivity index (χ2n) is 6.72. The van der Waals surface area contributed by atoms with E-state index < -0.39 is 10.0 Å². The van der Waals surface area contributed by atoms with E-state index in [-0.39, 0.29) is 5.56 Å². The van der Waals surface area contributed by atoms with E-state index in [1.165, 1.54) is 18.3 Å². The van der Waals surface area contributed by atoms with Gasteiger partial charge in [0.05, 0.1) is 17.0 Å². The van der Waals surface area contributed by atoms with Crippen LogP contribution in [0.4, 0.5) is 11.4 Å². The van der Waals surface area contributed by atoms with E-state index >= 15 is 0 Å². The van der Waals surface area contributed by atoms with Gasteiger partial charge < -0.3 is 10.3 Å². The molecule has 0 atom stereocenters. The average Bonchev–Trinajstić information content (AvgIpc) is 2.57. The van der Waals surface area contributed by atoms with E-state index in [1.807, 2.05) is 13.8 Å². The summed E-state index contributed by atoms with van der Waals surface area (Å²) in [7, 11) is -3.40. The van der Waals surface area contributed by atoms with E-state index in [2.05, 4.69) is 9.71 Å². The summed E-state index contributed by atoms with van der Waals surface area (Å²) >= 11 is 6.28. The number of nitrogens with two attached hydrogens (primary N) is 1. The van der Waals surface area contributed by atoms with Gasteiger partial charge in [0.1, 0.15) is 0 Å². The van der Waals surface area contributed by atoms with Crippen molar-refractivity contribution < 1.29 is 8.42 Å². The first-order valence-corrected chi connectivity index (χ1v) is 10.8. The van der Waals surface area contributed by atoms with Crippen molar-refractivity contribution in [1.82, 2.24) is 4.57 Å². The molecule has 0 fully saturated rings. The molecule has 0 amide bonds. The van der Waals surface area contributed by atoms with E-state index in [0.717, 1.165) is 6.26 Å². The standard InChI is InChI=1S/C19H23ClN4O3S/c1-13(2)11-24-12-16(5-7-19(24)25)22-10-14(9-21)17-6-4-15(8-18(17)20)23-28(3,26)27/h4-10,12-13,23H,11,21H2,1-3H3. The first-order valence-electron chi connectivity index (χ1n) is 8.53. The van der Waals surface area contributed by atoms with Crippen LogP contribution >= 0.6 is 11.6 Å². The predicted octanol–water partition coefficient (Wildman–Crippen LogP) is 3.23. The second kappa shape index (κ2) is 9.07. The molecule has 1 heterocycles. The summed E-state index contributed by atoms with van der Waals surface area (Å²) in [6.07, 6.45) is 5.65. The number of aromatic nitrogens is 1. The third-order valence-corrected chi connectivity index (χ3v) is 4.56. The molecule has 0 aliphatic carbocycles. The highest BCUT2D eigenvalue weighted by molar-refractivity contribution is 7.92. The van der Waals surface area contributed by atoms with Crippen LogP contribution in [0.2, 0.25) is 5.02 Å². The molecule has 9 heteroatoms. The lowest BCUT2D eigenvalue weighted by Crippen LogP contribution is -2.20. The summed E-state index contributed by atoms with van der Waals surface area (Å²) in [6.45, 7) is 4.66. The Labute approximate surface area is 169 Å². The van der Waals surface area contributed by atoms with Crippen molar-refractivity contribution in [2.45, 2.75) is 20.4 Å². The molecule has 150 valence electrons. The molecular weight excluding hydrogens is 400 g/mol. The molecule has 0 saturated carbocycles. The number of pyridine rings is 1. The number of hydrogen-bond donors (Lipinski definition) is 2. The zero-order valence-corrected chi connectivity index (χ0v) is 17.5. The van der Waals surface area contributed by atoms with Gasteiger partial charge in [0, 0.05) is 48.0 Å². The SMILES string of the molecule is CC(C)Cn1cc(N=CC(=CN)c2ccc(NS(C)(=O)=O)cc2Cl)ccc1=O. The molecule has 0 aliphatic rings. The van der Waals surface area contributed by atoms with E-state index in [4.69, 9.17) is 17.3 Å². The second-order valence-corrected chi connectivity index (χ2v) is 8.88. The summed E-state index contributed by atoms with van der Waals surface area (Å²) in [6, 6.07) is 7.84. The maximum atomic E-state index is 11.9. The van der Waals surface area contributed by atoms with Crippen LogP contribution in [-0.2, 0) is 16.6 Å². The fourth-order valence-electron chi connectivity index (χ4n) is 2.50. The van der Waals surface area contributed by atoms with Crippen LogP contribution in [0.25, 0.3) is 5.57 Å². The van der Waals surface area contributed by atoms with Gasteiger partial charge in [0.25, 0.3) is 5.56 Å². The van der Waals surface area contributed by atoms with Crippen molar-refractivity contribution in [3.8, 4) is 0 Å². The van der Waals surface area contributed by atoms with Crippen molar-refractivity contribution in [2.75, 3.05) is 11.0 Å². The van der Waals surface area contributed by atoms with Gasteiger partial charge in [-0.15, -0.1) is 0 Å². The van der Waals surface area contributed by atoms with Crippen molar-refractivity contribution in [1.29, 1.82) is 0 Å². The molecule has 1 aromatic carbocycles. The van der Waals surface area contributed by atoms with Gasteiger partial charge in [-0.3, -0.25) is 14.5 Å². The smallest absolute Gasteiger partial charge is 0.250 e. The number of nitrogens with one attached hydrogen (secondary N) is 1. The highest BCUT2D eigenvalue weighted by atomic mass is 35.5. The van der Waals surface area contributed by atoms with Gasteiger partial charge in [-0.2, -0.15) is 0 Å². The fourth-order valence-corrected chi connectivity index (χ4v) is 3.35. The number of anilines is 1. The number of halogens is 1. The summed E-state index contributed by atoms with van der Waals surface area (Å²) < 4.78 is 26.6. The minimum absolute atomic E-state index is 0.0840. The Balaban J connectivity index is 2.29. The third kappa shape index (κ3) is 6.24. The van der Waals surface area contributed by atoms with Crippen LogP contribution in [0, 0.1) is 5.92 Å². The Bertz CT molecular complexity index is 1070. The monoisotopic (exact) mass is 422 g/mol. The number of allylic oxidation sites excluding steroid dienone is 1. The van der Waals surface area contributed by atoms with Crippen LogP contribution in [0.3, 0.4) is 0 Å². The number of nitrogens with zero attached hydrogens (tertiary/aromatic N) is 2. The third-order valence-electron chi connectivity index (χ3n) is 3.65. The summed E-state index contributed by atoms with van der Waals surface area (Å²) in [4.78, 5) is 16.3. The molecule has 0 bridgehead atoms. The molecule has 2 rings (SSSR count). The number of rotatable bonds is 7. The van der Waals surface area contributed by atoms with Crippen LogP contribution in [0.15, 0.2) is 52.5 Å².